The van der Waals surface area contributed by atoms with Crippen LogP contribution in [0.5, 0.6) is 0 Å². The van der Waals surface area contributed by atoms with Gasteiger partial charge >= 0.3 is 0 Å². The van der Waals surface area contributed by atoms with E-state index < -0.39 is 0 Å². The highest BCUT2D eigenvalue weighted by atomic mass is 16.5. The Bertz CT molecular complexity index is 249. The van der Waals surface area contributed by atoms with Crippen molar-refractivity contribution >= 4 is 0 Å². The first kappa shape index (κ1) is 13.1. The summed E-state index contributed by atoms with van der Waals surface area (Å²) in [5.41, 5.74) is 0. The molecule has 1 N–H and O–H groups in total. The van der Waals surface area contributed by atoms with E-state index in [-0.39, 0.29) is 0 Å². The van der Waals surface area contributed by atoms with E-state index in [0.29, 0.717) is 6.10 Å². The maximum atomic E-state index is 5.99. The fourth-order valence-corrected chi connectivity index (χ4v) is 3.07. The van der Waals surface area contributed by atoms with Gasteiger partial charge in [-0.05, 0) is 44.1 Å². The molecule has 17 heavy (non-hydrogen) atoms. The van der Waals surface area contributed by atoms with E-state index in [4.69, 9.17) is 4.74 Å². The van der Waals surface area contributed by atoms with E-state index >= 15 is 0 Å². The first-order valence-corrected chi connectivity index (χ1v) is 7.24. The molecule has 3 unspecified atom stereocenters. The van der Waals surface area contributed by atoms with E-state index in [2.05, 4.69) is 31.3 Å². The van der Waals surface area contributed by atoms with E-state index in [1.807, 2.05) is 0 Å². The fraction of sp³-hybridized carbons (Fsp3) is 0.867. The van der Waals surface area contributed by atoms with Crippen LogP contribution in [0, 0.1) is 17.8 Å². The lowest BCUT2D eigenvalue weighted by Crippen LogP contribution is -2.35. The van der Waals surface area contributed by atoms with Gasteiger partial charge in [-0.2, -0.15) is 0 Å². The van der Waals surface area contributed by atoms with E-state index in [9.17, 15) is 0 Å². The van der Waals surface area contributed by atoms with Crippen molar-refractivity contribution in [1.29, 1.82) is 0 Å². The minimum Gasteiger partial charge on any atom is -0.378 e. The zero-order valence-electron chi connectivity index (χ0n) is 11.3. The van der Waals surface area contributed by atoms with Gasteiger partial charge in [0.05, 0.1) is 6.10 Å². The van der Waals surface area contributed by atoms with Crippen molar-refractivity contribution in [2.45, 2.75) is 45.6 Å². The van der Waals surface area contributed by atoms with Crippen molar-refractivity contribution in [2.75, 3.05) is 19.7 Å². The molecular weight excluding hydrogens is 210 g/mol. The minimum absolute atomic E-state index is 0.514. The van der Waals surface area contributed by atoms with Gasteiger partial charge in [-0.15, -0.1) is 0 Å². The number of nitrogens with one attached hydrogen (secondary N) is 1. The molecule has 0 bridgehead atoms. The quantitative estimate of drug-likeness (QED) is 0.742. The van der Waals surface area contributed by atoms with Crippen LogP contribution in [0.25, 0.3) is 0 Å². The van der Waals surface area contributed by atoms with Crippen molar-refractivity contribution in [3.63, 3.8) is 0 Å². The molecule has 0 spiro atoms. The number of ether oxygens (including phenoxy) is 1. The van der Waals surface area contributed by atoms with Gasteiger partial charge in [-0.25, -0.2) is 0 Å². The summed E-state index contributed by atoms with van der Waals surface area (Å²) < 4.78 is 5.99. The Balaban J connectivity index is 1.78. The summed E-state index contributed by atoms with van der Waals surface area (Å²) in [6.07, 6.45) is 10.2. The molecule has 1 aliphatic carbocycles. The van der Waals surface area contributed by atoms with Crippen molar-refractivity contribution < 1.29 is 4.74 Å². The topological polar surface area (TPSA) is 21.3 Å². The predicted molar refractivity (Wildman–Crippen MR) is 72.0 cm³/mol. The highest BCUT2D eigenvalue weighted by Gasteiger charge is 2.34. The molecule has 1 aliphatic heterocycles. The van der Waals surface area contributed by atoms with Gasteiger partial charge < -0.3 is 10.1 Å². The third-order valence-electron chi connectivity index (χ3n) is 4.00. The zero-order chi connectivity index (χ0) is 12.1. The predicted octanol–water partition coefficient (Wildman–Crippen LogP) is 2.99. The van der Waals surface area contributed by atoms with Gasteiger partial charge in [0.2, 0.25) is 0 Å². The third kappa shape index (κ3) is 3.82. The highest BCUT2D eigenvalue weighted by molar-refractivity contribution is 4.95. The lowest BCUT2D eigenvalue weighted by Gasteiger charge is -2.29. The van der Waals surface area contributed by atoms with Crippen LogP contribution in [-0.4, -0.2) is 25.8 Å². The van der Waals surface area contributed by atoms with Crippen LogP contribution in [-0.2, 0) is 4.74 Å². The highest BCUT2D eigenvalue weighted by Crippen LogP contribution is 2.33. The SMILES string of the molecule is CC(C)CNCC1CCOC1C1CC=CCC1. The second-order valence-electron chi connectivity index (χ2n) is 5.98. The van der Waals surface area contributed by atoms with Gasteiger partial charge in [0.1, 0.15) is 0 Å². The summed E-state index contributed by atoms with van der Waals surface area (Å²) in [6.45, 7) is 7.78. The standard InChI is InChI=1S/C15H27NO/c1-12(2)10-16-11-14-8-9-17-15(14)13-6-4-3-5-7-13/h3-4,12-16H,5-11H2,1-2H3. The van der Waals surface area contributed by atoms with Crippen LogP contribution >= 0.6 is 0 Å². The maximum absolute atomic E-state index is 5.99. The number of hydrogen-bond donors (Lipinski definition) is 1. The van der Waals surface area contributed by atoms with Gasteiger partial charge in [0.15, 0.2) is 0 Å². The second kappa shape index (κ2) is 6.55. The van der Waals surface area contributed by atoms with Crippen LogP contribution in [0.2, 0.25) is 0 Å². The monoisotopic (exact) mass is 237 g/mol. The molecule has 3 atom stereocenters. The molecule has 2 nitrogen and oxygen atoms in total. The maximum Gasteiger partial charge on any atom is 0.0647 e. The molecular formula is C15H27NO. The molecule has 2 heteroatoms. The Hall–Kier alpha value is -0.340. The third-order valence-corrected chi connectivity index (χ3v) is 4.00. The molecule has 0 radical (unpaired) electrons. The van der Waals surface area contributed by atoms with Crippen LogP contribution < -0.4 is 5.32 Å². The lowest BCUT2D eigenvalue weighted by atomic mass is 9.83. The molecule has 2 aliphatic rings. The van der Waals surface area contributed by atoms with Crippen molar-refractivity contribution in [3.05, 3.63) is 12.2 Å². The Morgan fingerprint density at radius 1 is 1.29 bits per heavy atom. The molecule has 0 aromatic carbocycles. The summed E-state index contributed by atoms with van der Waals surface area (Å²) in [6, 6.07) is 0. The number of allylic oxidation sites excluding steroid dienone is 2. The van der Waals surface area contributed by atoms with Gasteiger partial charge in [0.25, 0.3) is 0 Å². The average molecular weight is 237 g/mol. The summed E-state index contributed by atoms with van der Waals surface area (Å²) >= 11 is 0. The Morgan fingerprint density at radius 2 is 2.18 bits per heavy atom. The molecule has 0 amide bonds. The van der Waals surface area contributed by atoms with Crippen LogP contribution in [0.3, 0.4) is 0 Å². The molecule has 1 fully saturated rings. The van der Waals surface area contributed by atoms with Crippen molar-refractivity contribution in [1.82, 2.24) is 5.32 Å². The summed E-state index contributed by atoms with van der Waals surface area (Å²) in [7, 11) is 0. The normalized spacial score (nSPS) is 33.5. The molecule has 1 heterocycles. The largest absolute Gasteiger partial charge is 0.378 e. The van der Waals surface area contributed by atoms with Gasteiger partial charge in [-0.1, -0.05) is 26.0 Å². The van der Waals surface area contributed by atoms with E-state index in [1.165, 1.54) is 25.7 Å². The average Bonchev–Trinajstić information content (AvgIpc) is 2.78. The van der Waals surface area contributed by atoms with E-state index in [1.54, 1.807) is 0 Å². The lowest BCUT2D eigenvalue weighted by molar-refractivity contribution is 0.0377. The summed E-state index contributed by atoms with van der Waals surface area (Å²) in [5.74, 6) is 2.26. The number of hydrogen-bond acceptors (Lipinski definition) is 2. The van der Waals surface area contributed by atoms with Crippen LogP contribution in [0.15, 0.2) is 12.2 Å². The first-order chi connectivity index (χ1) is 8.27. The zero-order valence-corrected chi connectivity index (χ0v) is 11.3. The van der Waals surface area contributed by atoms with Gasteiger partial charge in [-0.3, -0.25) is 0 Å². The van der Waals surface area contributed by atoms with E-state index in [0.717, 1.165) is 37.5 Å². The van der Waals surface area contributed by atoms with Crippen molar-refractivity contribution in [2.24, 2.45) is 17.8 Å². The van der Waals surface area contributed by atoms with Gasteiger partial charge in [0, 0.05) is 19.1 Å². The van der Waals surface area contributed by atoms with Crippen LogP contribution in [0.1, 0.15) is 39.5 Å². The summed E-state index contributed by atoms with van der Waals surface area (Å²) in [4.78, 5) is 0. The Labute approximate surface area is 106 Å². The molecule has 2 rings (SSSR count). The summed E-state index contributed by atoms with van der Waals surface area (Å²) in [5, 5.41) is 3.60. The Kier molecular flexibility index (Phi) is 5.05. The molecule has 0 aromatic heterocycles. The second-order valence-corrected chi connectivity index (χ2v) is 5.98. The van der Waals surface area contributed by atoms with Crippen LogP contribution in [0.4, 0.5) is 0 Å². The molecule has 1 saturated heterocycles. The molecule has 0 saturated carbocycles. The first-order valence-electron chi connectivity index (χ1n) is 7.24. The minimum atomic E-state index is 0.514. The fourth-order valence-electron chi connectivity index (χ4n) is 3.07. The molecule has 98 valence electrons. The van der Waals surface area contributed by atoms with Crippen molar-refractivity contribution in [3.8, 4) is 0 Å². The number of rotatable bonds is 5. The Morgan fingerprint density at radius 3 is 2.88 bits per heavy atom. The molecule has 0 aromatic rings. The smallest absolute Gasteiger partial charge is 0.0647 e.